The number of nitrogens with one attached hydrogen (secondary N) is 1. The third-order valence-electron chi connectivity index (χ3n) is 2.15. The number of amides is 1. The first-order valence-electron chi connectivity index (χ1n) is 5.31. The molecule has 0 bridgehead atoms. The van der Waals surface area contributed by atoms with Crippen molar-refractivity contribution in [3.05, 3.63) is 28.7 Å². The molecule has 0 saturated carbocycles. The average molecular weight is 285 g/mol. The standard InChI is InChI=1S/C12H17BrN2O/c1-8(2)6-11(14)12(16)15-10-5-3-4-9(13)7-10/h3-5,7-8,11H,6,14H2,1-2H3,(H,15,16)/t11-/m0/s1. The first-order valence-corrected chi connectivity index (χ1v) is 6.10. The molecule has 0 saturated heterocycles. The summed E-state index contributed by atoms with van der Waals surface area (Å²) >= 11 is 3.35. The highest BCUT2D eigenvalue weighted by molar-refractivity contribution is 9.10. The third kappa shape index (κ3) is 4.33. The molecule has 1 atom stereocenters. The van der Waals surface area contributed by atoms with E-state index in [1.54, 1.807) is 0 Å². The predicted octanol–water partition coefficient (Wildman–Crippen LogP) is 2.76. The van der Waals surface area contributed by atoms with Crippen LogP contribution in [0.1, 0.15) is 20.3 Å². The smallest absolute Gasteiger partial charge is 0.241 e. The lowest BCUT2D eigenvalue weighted by molar-refractivity contribution is -0.117. The van der Waals surface area contributed by atoms with Gasteiger partial charge in [-0.15, -0.1) is 0 Å². The second kappa shape index (κ2) is 6.01. The van der Waals surface area contributed by atoms with Crippen molar-refractivity contribution >= 4 is 27.5 Å². The maximum Gasteiger partial charge on any atom is 0.241 e. The van der Waals surface area contributed by atoms with Gasteiger partial charge in [0.15, 0.2) is 0 Å². The second-order valence-electron chi connectivity index (χ2n) is 4.24. The normalized spacial score (nSPS) is 12.6. The molecule has 0 heterocycles. The van der Waals surface area contributed by atoms with E-state index in [0.717, 1.165) is 10.2 Å². The molecule has 3 nitrogen and oxygen atoms in total. The van der Waals surface area contributed by atoms with Crippen molar-refractivity contribution in [3.63, 3.8) is 0 Å². The van der Waals surface area contributed by atoms with E-state index in [1.165, 1.54) is 0 Å². The molecule has 0 aliphatic heterocycles. The Hall–Kier alpha value is -0.870. The Balaban J connectivity index is 2.57. The second-order valence-corrected chi connectivity index (χ2v) is 5.15. The van der Waals surface area contributed by atoms with Crippen LogP contribution in [0.3, 0.4) is 0 Å². The van der Waals surface area contributed by atoms with Gasteiger partial charge in [-0.25, -0.2) is 0 Å². The number of nitrogens with two attached hydrogens (primary N) is 1. The van der Waals surface area contributed by atoms with Gasteiger partial charge in [0.1, 0.15) is 0 Å². The van der Waals surface area contributed by atoms with Crippen LogP contribution in [0.4, 0.5) is 5.69 Å². The first-order chi connectivity index (χ1) is 7.49. The Bertz CT molecular complexity index is 366. The monoisotopic (exact) mass is 284 g/mol. The lowest BCUT2D eigenvalue weighted by Gasteiger charge is -2.14. The van der Waals surface area contributed by atoms with E-state index in [0.29, 0.717) is 12.3 Å². The number of anilines is 1. The van der Waals surface area contributed by atoms with Crippen molar-refractivity contribution < 1.29 is 4.79 Å². The summed E-state index contributed by atoms with van der Waals surface area (Å²) in [7, 11) is 0. The van der Waals surface area contributed by atoms with Gasteiger partial charge in [-0.3, -0.25) is 4.79 Å². The van der Waals surface area contributed by atoms with Crippen LogP contribution in [-0.4, -0.2) is 11.9 Å². The fourth-order valence-corrected chi connectivity index (χ4v) is 1.82. The van der Waals surface area contributed by atoms with E-state index in [2.05, 4.69) is 21.2 Å². The third-order valence-corrected chi connectivity index (χ3v) is 2.65. The number of hydrogen-bond donors (Lipinski definition) is 2. The number of halogens is 1. The summed E-state index contributed by atoms with van der Waals surface area (Å²) in [6.45, 7) is 4.10. The van der Waals surface area contributed by atoms with Gasteiger partial charge in [-0.05, 0) is 30.5 Å². The maximum atomic E-state index is 11.7. The molecule has 88 valence electrons. The number of benzene rings is 1. The molecular formula is C12H17BrN2O. The van der Waals surface area contributed by atoms with Crippen molar-refractivity contribution in [2.24, 2.45) is 11.7 Å². The predicted molar refractivity (Wildman–Crippen MR) is 70.2 cm³/mol. The zero-order valence-corrected chi connectivity index (χ0v) is 11.1. The van der Waals surface area contributed by atoms with Crippen molar-refractivity contribution in [1.29, 1.82) is 0 Å². The number of rotatable bonds is 4. The molecule has 1 rings (SSSR count). The van der Waals surface area contributed by atoms with Gasteiger partial charge in [0, 0.05) is 10.2 Å². The Morgan fingerprint density at radius 3 is 2.75 bits per heavy atom. The number of carbonyl (C=O) groups excluding carboxylic acids is 1. The van der Waals surface area contributed by atoms with Crippen LogP contribution in [0.2, 0.25) is 0 Å². The van der Waals surface area contributed by atoms with Crippen LogP contribution >= 0.6 is 15.9 Å². The van der Waals surface area contributed by atoms with Gasteiger partial charge < -0.3 is 11.1 Å². The summed E-state index contributed by atoms with van der Waals surface area (Å²) in [5.74, 6) is 0.287. The van der Waals surface area contributed by atoms with Crippen molar-refractivity contribution in [3.8, 4) is 0 Å². The highest BCUT2D eigenvalue weighted by atomic mass is 79.9. The van der Waals surface area contributed by atoms with Gasteiger partial charge in [0.25, 0.3) is 0 Å². The van der Waals surface area contributed by atoms with E-state index >= 15 is 0 Å². The zero-order valence-electron chi connectivity index (χ0n) is 9.53. The quantitative estimate of drug-likeness (QED) is 0.893. The van der Waals surface area contributed by atoms with Gasteiger partial charge in [-0.2, -0.15) is 0 Å². The Kier molecular flexibility index (Phi) is 4.96. The number of hydrogen-bond acceptors (Lipinski definition) is 2. The van der Waals surface area contributed by atoms with E-state index in [-0.39, 0.29) is 5.91 Å². The fraction of sp³-hybridized carbons (Fsp3) is 0.417. The summed E-state index contributed by atoms with van der Waals surface area (Å²) in [6.07, 6.45) is 0.694. The minimum Gasteiger partial charge on any atom is -0.325 e. The fourth-order valence-electron chi connectivity index (χ4n) is 1.42. The summed E-state index contributed by atoms with van der Waals surface area (Å²) in [6, 6.07) is 7.02. The molecule has 1 amide bonds. The lowest BCUT2D eigenvalue weighted by atomic mass is 10.0. The molecule has 3 N–H and O–H groups in total. The zero-order chi connectivity index (χ0) is 12.1. The van der Waals surface area contributed by atoms with E-state index < -0.39 is 6.04 Å². The summed E-state index contributed by atoms with van der Waals surface area (Å²) in [5, 5.41) is 2.79. The first kappa shape index (κ1) is 13.2. The highest BCUT2D eigenvalue weighted by Crippen LogP contribution is 2.16. The Morgan fingerprint density at radius 1 is 1.50 bits per heavy atom. The highest BCUT2D eigenvalue weighted by Gasteiger charge is 2.14. The molecular weight excluding hydrogens is 268 g/mol. The SMILES string of the molecule is CC(C)C[C@H](N)C(=O)Nc1cccc(Br)c1. The van der Waals surface area contributed by atoms with Gasteiger partial charge in [-0.1, -0.05) is 35.8 Å². The summed E-state index contributed by atoms with van der Waals surface area (Å²) in [5.41, 5.74) is 6.54. The van der Waals surface area contributed by atoms with Crippen LogP contribution in [0.5, 0.6) is 0 Å². The molecule has 4 heteroatoms. The minimum absolute atomic E-state index is 0.133. The topological polar surface area (TPSA) is 55.1 Å². The lowest BCUT2D eigenvalue weighted by Crippen LogP contribution is -2.36. The van der Waals surface area contributed by atoms with Crippen LogP contribution < -0.4 is 11.1 Å². The van der Waals surface area contributed by atoms with Crippen molar-refractivity contribution in [1.82, 2.24) is 0 Å². The van der Waals surface area contributed by atoms with Crippen molar-refractivity contribution in [2.75, 3.05) is 5.32 Å². The van der Waals surface area contributed by atoms with Crippen LogP contribution in [0.25, 0.3) is 0 Å². The van der Waals surface area contributed by atoms with Crippen LogP contribution in [0.15, 0.2) is 28.7 Å². The molecule has 0 aliphatic carbocycles. The maximum absolute atomic E-state index is 11.7. The molecule has 0 aliphatic rings. The van der Waals surface area contributed by atoms with Gasteiger partial charge in [0.05, 0.1) is 6.04 Å². The van der Waals surface area contributed by atoms with Crippen LogP contribution in [0, 0.1) is 5.92 Å². The van der Waals surface area contributed by atoms with Crippen LogP contribution in [-0.2, 0) is 4.79 Å². The van der Waals surface area contributed by atoms with E-state index in [9.17, 15) is 4.79 Å². The number of carbonyl (C=O) groups is 1. The average Bonchev–Trinajstić information content (AvgIpc) is 2.16. The molecule has 1 aromatic rings. The Labute approximate surface area is 105 Å². The summed E-state index contributed by atoms with van der Waals surface area (Å²) in [4.78, 5) is 11.7. The van der Waals surface area contributed by atoms with Gasteiger partial charge >= 0.3 is 0 Å². The molecule has 0 spiro atoms. The molecule has 0 unspecified atom stereocenters. The minimum atomic E-state index is -0.445. The van der Waals surface area contributed by atoms with Gasteiger partial charge in [0.2, 0.25) is 5.91 Å². The largest absolute Gasteiger partial charge is 0.325 e. The molecule has 16 heavy (non-hydrogen) atoms. The molecule has 0 radical (unpaired) electrons. The van der Waals surface area contributed by atoms with E-state index in [1.807, 2.05) is 38.1 Å². The Morgan fingerprint density at radius 2 is 2.19 bits per heavy atom. The van der Waals surface area contributed by atoms with E-state index in [4.69, 9.17) is 5.73 Å². The molecule has 0 aromatic heterocycles. The molecule has 0 fully saturated rings. The van der Waals surface area contributed by atoms with Crippen molar-refractivity contribution in [2.45, 2.75) is 26.3 Å². The molecule has 1 aromatic carbocycles. The summed E-state index contributed by atoms with van der Waals surface area (Å²) < 4.78 is 0.933.